The first-order valence-corrected chi connectivity index (χ1v) is 16.9. The van der Waals surface area contributed by atoms with Gasteiger partial charge in [0.15, 0.2) is 0 Å². The van der Waals surface area contributed by atoms with E-state index in [4.69, 9.17) is 19.9 Å². The summed E-state index contributed by atoms with van der Waals surface area (Å²) in [6, 6.07) is 43.1. The molecule has 0 fully saturated rings. The number of hydrogen-bond acceptors (Lipinski definition) is 7. The van der Waals surface area contributed by atoms with Crippen molar-refractivity contribution >= 4 is 34.5 Å². The van der Waals surface area contributed by atoms with E-state index >= 15 is 0 Å². The van der Waals surface area contributed by atoms with Gasteiger partial charge in [0.2, 0.25) is 0 Å². The van der Waals surface area contributed by atoms with Crippen LogP contribution >= 0.6 is 0 Å². The number of benzene rings is 4. The van der Waals surface area contributed by atoms with Gasteiger partial charge in [-0.25, -0.2) is 21.5 Å². The molecule has 0 amide bonds. The van der Waals surface area contributed by atoms with Crippen LogP contribution in [0.4, 0.5) is 34.5 Å². The molecule has 8 rings (SSSR count). The van der Waals surface area contributed by atoms with Crippen LogP contribution in [0.3, 0.4) is 0 Å². The molecule has 1 radical (unpaired) electrons. The monoisotopic (exact) mass is 848 g/mol. The van der Waals surface area contributed by atoms with E-state index in [0.717, 1.165) is 57.2 Å². The largest absolute Gasteiger partial charge is 0.477 e. The second-order valence-corrected chi connectivity index (χ2v) is 14.5. The number of fused-ring (bicyclic) bond motifs is 2. The van der Waals surface area contributed by atoms with Gasteiger partial charge in [-0.2, -0.15) is 66.2 Å². The molecule has 4 aromatic carbocycles. The standard InChI is InChI=1S/C22H21N3.C21H20N4.Ir/c1-22(2,3)19-14-23-20-18(16-10-6-4-7-11-16)15-25(21(20)24-19)17-12-8-5-9-13-17;1-21(2,3)18-14-22-19-20(23-18)25(17-12-8-5-9-13-17)15-24(19)16-10-6-4-7-11-16;/h4-10,12-15,18H,1-3H3;4-12,14-15H,1-3H3;/q2*-2;. The Hall–Kier alpha value is -4.91. The van der Waals surface area contributed by atoms with E-state index in [-0.39, 0.29) is 36.9 Å². The summed E-state index contributed by atoms with van der Waals surface area (Å²) >= 11 is 0. The average Bonchev–Trinajstić information content (AvgIpc) is 3.72. The fourth-order valence-electron chi connectivity index (χ4n) is 5.84. The Labute approximate surface area is 315 Å². The minimum Gasteiger partial charge on any atom is -0.477 e. The van der Waals surface area contributed by atoms with Crippen molar-refractivity contribution in [1.29, 1.82) is 0 Å². The van der Waals surface area contributed by atoms with Gasteiger partial charge in [0.05, 0.1) is 23.3 Å². The zero-order chi connectivity index (χ0) is 34.9. The van der Waals surface area contributed by atoms with Crippen molar-refractivity contribution in [1.82, 2.24) is 19.9 Å². The van der Waals surface area contributed by atoms with Crippen molar-refractivity contribution in [2.75, 3.05) is 14.7 Å². The molecule has 6 aromatic rings. The average molecular weight is 848 g/mol. The Balaban J connectivity index is 0.000000172. The van der Waals surface area contributed by atoms with Crippen molar-refractivity contribution in [3.05, 3.63) is 170 Å². The number of para-hydroxylation sites is 3. The Morgan fingerprint density at radius 1 is 0.569 bits per heavy atom. The van der Waals surface area contributed by atoms with Gasteiger partial charge < -0.3 is 14.7 Å². The predicted molar refractivity (Wildman–Crippen MR) is 202 cm³/mol. The summed E-state index contributed by atoms with van der Waals surface area (Å²) in [5.74, 6) is 2.65. The fraction of sp³-hybridized carbons (Fsp3) is 0.209. The summed E-state index contributed by atoms with van der Waals surface area (Å²) in [5.41, 5.74) is 7.06. The second kappa shape index (κ2) is 14.7. The quantitative estimate of drug-likeness (QED) is 0.164. The molecule has 2 aliphatic heterocycles. The van der Waals surface area contributed by atoms with Crippen LogP contribution in [0.2, 0.25) is 0 Å². The first-order valence-electron chi connectivity index (χ1n) is 16.9. The van der Waals surface area contributed by atoms with Gasteiger partial charge in [0.25, 0.3) is 0 Å². The van der Waals surface area contributed by atoms with E-state index in [1.165, 1.54) is 0 Å². The SMILES string of the molecule is CC(C)(C)c1cnc2c(n1)N(c1[c-]cccc1)[CH-]N2c1ccccc1.CC(C)(C)c1cnc2c(n1)N(c1ccccc1)[CH-]C2c1[c-]cccc1.[Ir]. The van der Waals surface area contributed by atoms with Crippen LogP contribution in [0.5, 0.6) is 0 Å². The van der Waals surface area contributed by atoms with Crippen LogP contribution in [0.25, 0.3) is 0 Å². The number of rotatable bonds is 4. The van der Waals surface area contributed by atoms with Crippen LogP contribution in [0.1, 0.15) is 70.1 Å². The molecule has 0 bridgehead atoms. The minimum absolute atomic E-state index is 0. The van der Waals surface area contributed by atoms with Gasteiger partial charge >= 0.3 is 0 Å². The number of aromatic nitrogens is 4. The fourth-order valence-corrected chi connectivity index (χ4v) is 5.84. The molecule has 1 unspecified atom stereocenters. The van der Waals surface area contributed by atoms with Crippen molar-refractivity contribution < 1.29 is 20.1 Å². The van der Waals surface area contributed by atoms with Crippen LogP contribution in [0.15, 0.2) is 122 Å². The predicted octanol–water partition coefficient (Wildman–Crippen LogP) is 10.0. The molecule has 0 saturated heterocycles. The summed E-state index contributed by atoms with van der Waals surface area (Å²) in [4.78, 5) is 25.7. The summed E-state index contributed by atoms with van der Waals surface area (Å²) in [7, 11) is 0. The molecular weight excluding hydrogens is 807 g/mol. The maximum absolute atomic E-state index is 4.98. The molecule has 2 aromatic heterocycles. The first kappa shape index (κ1) is 35.9. The number of anilines is 6. The van der Waals surface area contributed by atoms with Crippen molar-refractivity contribution in [2.45, 2.75) is 58.3 Å². The van der Waals surface area contributed by atoms with Crippen molar-refractivity contribution in [3.8, 4) is 0 Å². The normalized spacial score (nSPS) is 15.0. The third-order valence-electron chi connectivity index (χ3n) is 8.65. The Bertz CT molecular complexity index is 1890. The Morgan fingerprint density at radius 3 is 1.69 bits per heavy atom. The minimum atomic E-state index is -0.0612. The van der Waals surface area contributed by atoms with Gasteiger partial charge in [-0.1, -0.05) is 77.9 Å². The van der Waals surface area contributed by atoms with E-state index in [9.17, 15) is 0 Å². The zero-order valence-electron chi connectivity index (χ0n) is 29.7. The molecule has 8 heteroatoms. The third kappa shape index (κ3) is 7.58. The topological polar surface area (TPSA) is 61.3 Å². The third-order valence-corrected chi connectivity index (χ3v) is 8.65. The van der Waals surface area contributed by atoms with E-state index in [2.05, 4.69) is 100 Å². The van der Waals surface area contributed by atoms with Crippen LogP contribution in [0, 0.1) is 25.3 Å². The second-order valence-electron chi connectivity index (χ2n) is 14.5. The molecule has 51 heavy (non-hydrogen) atoms. The molecule has 2 aliphatic rings. The van der Waals surface area contributed by atoms with Gasteiger partial charge in [-0.05, 0) is 24.3 Å². The molecule has 261 valence electrons. The summed E-state index contributed by atoms with van der Waals surface area (Å²) in [6.45, 7) is 17.2. The summed E-state index contributed by atoms with van der Waals surface area (Å²) in [6.07, 6.45) is 3.79. The van der Waals surface area contributed by atoms with Crippen molar-refractivity contribution in [2.24, 2.45) is 0 Å². The first-order chi connectivity index (χ1) is 24.1. The van der Waals surface area contributed by atoms with Gasteiger partial charge in [-0.3, -0.25) is 4.98 Å². The van der Waals surface area contributed by atoms with E-state index < -0.39 is 0 Å². The molecule has 0 saturated carbocycles. The molecule has 0 spiro atoms. The summed E-state index contributed by atoms with van der Waals surface area (Å²) in [5, 5.41) is 0. The Morgan fingerprint density at radius 2 is 1.12 bits per heavy atom. The van der Waals surface area contributed by atoms with Gasteiger partial charge in [-0.15, -0.1) is 18.3 Å². The zero-order valence-corrected chi connectivity index (χ0v) is 32.1. The van der Waals surface area contributed by atoms with Crippen LogP contribution < -0.4 is 14.7 Å². The maximum atomic E-state index is 4.98. The van der Waals surface area contributed by atoms with Crippen LogP contribution in [-0.2, 0) is 30.9 Å². The van der Waals surface area contributed by atoms with E-state index in [0.29, 0.717) is 0 Å². The maximum Gasteiger partial charge on any atom is 0.145 e. The van der Waals surface area contributed by atoms with Crippen LogP contribution in [-0.4, -0.2) is 19.9 Å². The molecule has 0 N–H and O–H groups in total. The number of nitrogens with zero attached hydrogens (tertiary/aromatic N) is 7. The molecular formula is C43H41IrN7-4. The molecule has 7 nitrogen and oxygen atoms in total. The Kier molecular flexibility index (Phi) is 10.4. The van der Waals surface area contributed by atoms with E-state index in [1.807, 2.05) is 103 Å². The smallest absolute Gasteiger partial charge is 0.145 e. The van der Waals surface area contributed by atoms with Crippen molar-refractivity contribution in [3.63, 3.8) is 0 Å². The van der Waals surface area contributed by atoms with Gasteiger partial charge in [0.1, 0.15) is 17.5 Å². The van der Waals surface area contributed by atoms with Gasteiger partial charge in [0, 0.05) is 48.5 Å². The molecule has 4 heterocycles. The molecule has 1 atom stereocenters. The number of hydrogen-bond donors (Lipinski definition) is 0. The summed E-state index contributed by atoms with van der Waals surface area (Å²) < 4.78 is 0. The molecule has 0 aliphatic carbocycles. The van der Waals surface area contributed by atoms with E-state index in [1.54, 1.807) is 0 Å².